The van der Waals surface area contributed by atoms with E-state index >= 15 is 0 Å². The Hall–Kier alpha value is -2.54. The van der Waals surface area contributed by atoms with Crippen molar-refractivity contribution in [1.29, 1.82) is 0 Å². The number of carbonyl (C=O) groups is 2. The average molecular weight is 503 g/mol. The molecule has 2 aromatic carbocycles. The molecule has 0 saturated heterocycles. The minimum atomic E-state index is -0.567. The van der Waals surface area contributed by atoms with Crippen LogP contribution < -0.4 is 14.8 Å². The molecule has 1 fully saturated rings. The summed E-state index contributed by atoms with van der Waals surface area (Å²) < 4.78 is 12.0. The van der Waals surface area contributed by atoms with Crippen LogP contribution in [0.4, 0.5) is 0 Å². The summed E-state index contributed by atoms with van der Waals surface area (Å²) in [7, 11) is 1.61. The number of nitrogens with zero attached hydrogens (tertiary/aromatic N) is 1. The molecule has 0 unspecified atom stereocenters. The van der Waals surface area contributed by atoms with E-state index in [-0.39, 0.29) is 24.5 Å². The first-order valence-corrected chi connectivity index (χ1v) is 11.9. The fourth-order valence-electron chi connectivity index (χ4n) is 4.01. The van der Waals surface area contributed by atoms with Gasteiger partial charge in [-0.25, -0.2) is 0 Å². The van der Waals surface area contributed by atoms with E-state index in [1.54, 1.807) is 24.1 Å². The molecular weight excluding hydrogens is 472 g/mol. The zero-order valence-electron chi connectivity index (χ0n) is 18.7. The lowest BCUT2D eigenvalue weighted by Crippen LogP contribution is -2.52. The van der Waals surface area contributed by atoms with Gasteiger partial charge in [0.15, 0.2) is 6.61 Å². The second kappa shape index (κ2) is 11.9. The third-order valence-electron chi connectivity index (χ3n) is 5.75. The zero-order chi connectivity index (χ0) is 22.9. The molecule has 0 spiro atoms. The van der Waals surface area contributed by atoms with E-state index in [0.717, 1.165) is 35.7 Å². The number of amides is 2. The molecule has 0 aromatic heterocycles. The van der Waals surface area contributed by atoms with Crippen molar-refractivity contribution in [2.75, 3.05) is 13.7 Å². The summed E-state index contributed by atoms with van der Waals surface area (Å²) in [6, 6.07) is 14.5. The van der Waals surface area contributed by atoms with Crippen LogP contribution in [0.15, 0.2) is 53.0 Å². The minimum Gasteiger partial charge on any atom is -0.497 e. The third-order valence-corrected chi connectivity index (χ3v) is 6.28. The van der Waals surface area contributed by atoms with E-state index < -0.39 is 6.04 Å². The van der Waals surface area contributed by atoms with Crippen LogP contribution in [0.1, 0.15) is 44.6 Å². The van der Waals surface area contributed by atoms with Gasteiger partial charge in [-0.15, -0.1) is 0 Å². The molecule has 0 bridgehead atoms. The number of carbonyl (C=O) groups excluding carboxylic acids is 2. The number of nitrogens with one attached hydrogen (secondary N) is 1. The summed E-state index contributed by atoms with van der Waals surface area (Å²) in [4.78, 5) is 28.0. The summed E-state index contributed by atoms with van der Waals surface area (Å²) in [6.45, 7) is 2.09. The van der Waals surface area contributed by atoms with E-state index in [2.05, 4.69) is 21.2 Å². The van der Waals surface area contributed by atoms with Gasteiger partial charge in [-0.2, -0.15) is 0 Å². The van der Waals surface area contributed by atoms with Gasteiger partial charge in [-0.1, -0.05) is 47.8 Å². The smallest absolute Gasteiger partial charge is 0.261 e. The summed E-state index contributed by atoms with van der Waals surface area (Å²) >= 11 is 3.39. The van der Waals surface area contributed by atoms with Gasteiger partial charge < -0.3 is 19.7 Å². The van der Waals surface area contributed by atoms with Crippen LogP contribution in [0.3, 0.4) is 0 Å². The van der Waals surface area contributed by atoms with Crippen LogP contribution in [0.25, 0.3) is 0 Å². The highest BCUT2D eigenvalue weighted by atomic mass is 79.9. The Morgan fingerprint density at radius 2 is 1.84 bits per heavy atom. The van der Waals surface area contributed by atoms with Crippen molar-refractivity contribution in [2.24, 2.45) is 0 Å². The van der Waals surface area contributed by atoms with Gasteiger partial charge in [0.05, 0.1) is 7.11 Å². The molecule has 32 heavy (non-hydrogen) atoms. The van der Waals surface area contributed by atoms with Crippen LogP contribution in [-0.4, -0.2) is 42.5 Å². The van der Waals surface area contributed by atoms with E-state index in [9.17, 15) is 9.59 Å². The molecule has 172 valence electrons. The van der Waals surface area contributed by atoms with Crippen molar-refractivity contribution in [3.63, 3.8) is 0 Å². The second-order valence-corrected chi connectivity index (χ2v) is 8.95. The molecule has 2 aromatic rings. The molecule has 1 atom stereocenters. The van der Waals surface area contributed by atoms with Crippen molar-refractivity contribution in [3.8, 4) is 11.5 Å². The molecule has 3 rings (SSSR count). The summed E-state index contributed by atoms with van der Waals surface area (Å²) in [5, 5.41) is 3.15. The van der Waals surface area contributed by atoms with Gasteiger partial charge in [0, 0.05) is 17.1 Å². The van der Waals surface area contributed by atoms with Crippen molar-refractivity contribution in [1.82, 2.24) is 10.2 Å². The molecule has 1 aliphatic carbocycles. The Morgan fingerprint density at radius 1 is 1.12 bits per heavy atom. The molecule has 0 heterocycles. The summed E-state index contributed by atoms with van der Waals surface area (Å²) in [5.41, 5.74) is 0.897. The summed E-state index contributed by atoms with van der Waals surface area (Å²) in [5.74, 6) is 0.985. The van der Waals surface area contributed by atoms with Gasteiger partial charge in [0.25, 0.3) is 5.91 Å². The number of hydrogen-bond acceptors (Lipinski definition) is 4. The molecule has 0 radical (unpaired) electrons. The van der Waals surface area contributed by atoms with Gasteiger partial charge in [-0.3, -0.25) is 9.59 Å². The number of methoxy groups -OCH3 is 1. The molecule has 1 saturated carbocycles. The normalized spacial score (nSPS) is 14.6. The lowest BCUT2D eigenvalue weighted by atomic mass is 10.1. The SMILES string of the molecule is CC[C@@H](C(=O)NC1CCCC1)N(Cc1cccc(OC)c1)C(=O)COc1ccc(Br)cc1. The molecular formula is C25H31BrN2O4. The van der Waals surface area contributed by atoms with E-state index in [0.29, 0.717) is 24.5 Å². The Balaban J connectivity index is 1.76. The first-order chi connectivity index (χ1) is 15.5. The zero-order valence-corrected chi connectivity index (χ0v) is 20.3. The van der Waals surface area contributed by atoms with E-state index in [1.165, 1.54) is 0 Å². The third kappa shape index (κ3) is 6.73. The first kappa shape index (κ1) is 24.1. The van der Waals surface area contributed by atoms with Crippen LogP contribution in [-0.2, 0) is 16.1 Å². The monoisotopic (exact) mass is 502 g/mol. The lowest BCUT2D eigenvalue weighted by Gasteiger charge is -2.31. The molecule has 7 heteroatoms. The van der Waals surface area contributed by atoms with Gasteiger partial charge >= 0.3 is 0 Å². The minimum absolute atomic E-state index is 0.0979. The fraction of sp³-hybridized carbons (Fsp3) is 0.440. The molecule has 1 aliphatic rings. The van der Waals surface area contributed by atoms with E-state index in [4.69, 9.17) is 9.47 Å². The quantitative estimate of drug-likeness (QED) is 0.511. The van der Waals surface area contributed by atoms with Crippen molar-refractivity contribution >= 4 is 27.7 Å². The molecule has 0 aliphatic heterocycles. The largest absolute Gasteiger partial charge is 0.497 e. The molecule has 1 N–H and O–H groups in total. The Morgan fingerprint density at radius 3 is 2.50 bits per heavy atom. The van der Waals surface area contributed by atoms with Crippen LogP contribution >= 0.6 is 15.9 Å². The number of benzene rings is 2. The highest BCUT2D eigenvalue weighted by Crippen LogP contribution is 2.21. The maximum atomic E-state index is 13.3. The highest BCUT2D eigenvalue weighted by Gasteiger charge is 2.30. The van der Waals surface area contributed by atoms with Crippen LogP contribution in [0.2, 0.25) is 0 Å². The average Bonchev–Trinajstić information content (AvgIpc) is 3.31. The number of halogens is 1. The lowest BCUT2D eigenvalue weighted by molar-refractivity contribution is -0.143. The van der Waals surface area contributed by atoms with E-state index in [1.807, 2.05) is 43.3 Å². The maximum absolute atomic E-state index is 13.3. The second-order valence-electron chi connectivity index (χ2n) is 8.03. The Bertz CT molecular complexity index is 897. The van der Waals surface area contributed by atoms with Gasteiger partial charge in [0.2, 0.25) is 5.91 Å². The van der Waals surface area contributed by atoms with Crippen molar-refractivity contribution < 1.29 is 19.1 Å². The Kier molecular flexibility index (Phi) is 8.97. The van der Waals surface area contributed by atoms with Crippen LogP contribution in [0.5, 0.6) is 11.5 Å². The predicted molar refractivity (Wildman–Crippen MR) is 128 cm³/mol. The molecule has 6 nitrogen and oxygen atoms in total. The number of ether oxygens (including phenoxy) is 2. The van der Waals surface area contributed by atoms with Crippen molar-refractivity contribution in [2.45, 2.75) is 57.7 Å². The molecule has 2 amide bonds. The van der Waals surface area contributed by atoms with Gasteiger partial charge in [-0.05, 0) is 61.2 Å². The Labute approximate surface area is 198 Å². The first-order valence-electron chi connectivity index (χ1n) is 11.1. The number of rotatable bonds is 10. The topological polar surface area (TPSA) is 67.9 Å². The predicted octanol–water partition coefficient (Wildman–Crippen LogP) is 4.70. The maximum Gasteiger partial charge on any atom is 0.261 e. The van der Waals surface area contributed by atoms with Crippen molar-refractivity contribution in [3.05, 3.63) is 58.6 Å². The summed E-state index contributed by atoms with van der Waals surface area (Å²) in [6.07, 6.45) is 4.79. The van der Waals surface area contributed by atoms with Gasteiger partial charge in [0.1, 0.15) is 17.5 Å². The number of hydrogen-bond donors (Lipinski definition) is 1. The highest BCUT2D eigenvalue weighted by molar-refractivity contribution is 9.10. The van der Waals surface area contributed by atoms with Crippen LogP contribution in [0, 0.1) is 0 Å². The fourth-order valence-corrected chi connectivity index (χ4v) is 4.28. The standard InChI is InChI=1S/C25H31BrN2O4/c1-3-23(25(30)27-20-8-4-5-9-20)28(16-18-7-6-10-22(15-18)31-2)24(29)17-32-21-13-11-19(26)12-14-21/h6-7,10-15,20,23H,3-5,8-9,16-17H2,1-2H3,(H,27,30)/t23-/m0/s1.